The molecule has 0 radical (unpaired) electrons. The summed E-state index contributed by atoms with van der Waals surface area (Å²) in [6, 6.07) is 0.901. The molecule has 1 heterocycles. The summed E-state index contributed by atoms with van der Waals surface area (Å²) >= 11 is 0. The largest absolute Gasteiger partial charge is 0.481 e. The molecule has 0 bridgehead atoms. The van der Waals surface area contributed by atoms with Gasteiger partial charge in [0.2, 0.25) is 0 Å². The number of hydrogen-bond acceptors (Lipinski definition) is 5. The molecule has 0 aromatic rings. The molecule has 6 aliphatic carbocycles. The number of carbonyl (C=O) groups excluding carboxylic acids is 1. The van der Waals surface area contributed by atoms with Crippen molar-refractivity contribution in [2.45, 2.75) is 157 Å². The predicted octanol–water partition coefficient (Wildman–Crippen LogP) is 9.23. The highest BCUT2D eigenvalue weighted by molar-refractivity contribution is 5.81. The van der Waals surface area contributed by atoms with Crippen LogP contribution in [-0.2, 0) is 14.3 Å². The number of allylic oxidation sites excluding steroid dienone is 1. The Bertz CT molecular complexity index is 1340. The Balaban J connectivity index is 1.09. The van der Waals surface area contributed by atoms with Crippen LogP contribution in [0.2, 0.25) is 0 Å². The van der Waals surface area contributed by atoms with Crippen LogP contribution in [0.15, 0.2) is 12.2 Å². The molecular formula is C44H72N2O4. The van der Waals surface area contributed by atoms with E-state index >= 15 is 0 Å². The molecule has 6 heteroatoms. The van der Waals surface area contributed by atoms with E-state index in [0.29, 0.717) is 34.0 Å². The van der Waals surface area contributed by atoms with Crippen LogP contribution in [0.25, 0.3) is 0 Å². The molecule has 6 saturated carbocycles. The first-order valence-electron chi connectivity index (χ1n) is 20.9. The van der Waals surface area contributed by atoms with Crippen molar-refractivity contribution in [3.8, 4) is 0 Å². The van der Waals surface area contributed by atoms with E-state index < -0.39 is 11.4 Å². The van der Waals surface area contributed by atoms with E-state index in [9.17, 15) is 14.7 Å². The fourth-order valence-electron chi connectivity index (χ4n) is 14.7. The molecule has 7 rings (SSSR count). The van der Waals surface area contributed by atoms with Crippen molar-refractivity contribution < 1.29 is 19.4 Å². The topological polar surface area (TPSA) is 70.1 Å². The van der Waals surface area contributed by atoms with Crippen LogP contribution in [0.4, 0.5) is 0 Å². The van der Waals surface area contributed by atoms with E-state index in [0.717, 1.165) is 30.7 Å². The van der Waals surface area contributed by atoms with Crippen LogP contribution in [0, 0.1) is 62.1 Å². The van der Waals surface area contributed by atoms with Gasteiger partial charge in [-0.25, -0.2) is 0 Å². The van der Waals surface area contributed by atoms with Gasteiger partial charge >= 0.3 is 11.9 Å². The second-order valence-corrected chi connectivity index (χ2v) is 21.1. The normalized spacial score (nSPS) is 44.7. The van der Waals surface area contributed by atoms with Crippen molar-refractivity contribution in [3.05, 3.63) is 12.2 Å². The van der Waals surface area contributed by atoms with Crippen molar-refractivity contribution in [3.63, 3.8) is 0 Å². The Morgan fingerprint density at radius 1 is 0.820 bits per heavy atom. The smallest absolute Gasteiger partial charge is 0.309 e. The minimum absolute atomic E-state index is 0.0812. The van der Waals surface area contributed by atoms with Gasteiger partial charge in [0.05, 0.1) is 11.8 Å². The average Bonchev–Trinajstić information content (AvgIpc) is 3.82. The summed E-state index contributed by atoms with van der Waals surface area (Å²) in [5.41, 5.74) is 1.53. The molecule has 0 unspecified atom stereocenters. The summed E-state index contributed by atoms with van der Waals surface area (Å²) in [5.74, 6) is 2.08. The van der Waals surface area contributed by atoms with Crippen LogP contribution >= 0.6 is 0 Å². The van der Waals surface area contributed by atoms with Gasteiger partial charge in [-0.15, -0.1) is 0 Å². The minimum atomic E-state index is -1.11. The summed E-state index contributed by atoms with van der Waals surface area (Å²) < 4.78 is 6.21. The second-order valence-electron chi connectivity index (χ2n) is 21.1. The molecule has 0 amide bonds. The number of carbonyl (C=O) groups is 2. The van der Waals surface area contributed by atoms with Crippen molar-refractivity contribution in [2.75, 3.05) is 32.7 Å². The van der Waals surface area contributed by atoms with Crippen molar-refractivity contribution >= 4 is 11.9 Å². The van der Waals surface area contributed by atoms with E-state index in [1.807, 2.05) is 0 Å². The lowest BCUT2D eigenvalue weighted by atomic mass is 9.32. The summed E-state index contributed by atoms with van der Waals surface area (Å²) in [4.78, 5) is 30.4. The third-order valence-corrected chi connectivity index (χ3v) is 18.0. The minimum Gasteiger partial charge on any atom is -0.481 e. The van der Waals surface area contributed by atoms with Gasteiger partial charge in [0.1, 0.15) is 6.10 Å². The maximum atomic E-state index is 13.1. The zero-order valence-corrected chi connectivity index (χ0v) is 33.2. The number of carboxylic acids is 1. The Kier molecular flexibility index (Phi) is 9.30. The van der Waals surface area contributed by atoms with Crippen LogP contribution < -0.4 is 0 Å². The SMILES string of the molecule is C=C(C)[C@@H]1CC[C@]2(CCN3CCN(C4CC4)CC3)CC[C@]3(C)[C@H](CC[C@@H]4[C@@]5(C)CC[C@H](OC(=O)CC(C)(C)C(=O)O)C(C)(C)[C@@H]5CC[C@]43C)[C@@H]12. The highest BCUT2D eigenvalue weighted by Crippen LogP contribution is 2.78. The standard InChI is InChI=1S/C44H72N2O4/c1-29(2)31-14-19-44(22-23-45-24-26-46(27-25-45)30-10-11-30)21-20-42(8)32(37(31)44)12-13-34-41(7)17-16-35(50-36(47)28-39(3,4)38(48)49)40(5,6)33(41)15-18-43(34,42)9/h30-35,37H,1,10-28H2,2-9H3,(H,48,49)/t31-,32+,33-,34+,35-,37+,41-,42+,43+,44+/m0/s1. The quantitative estimate of drug-likeness (QED) is 0.192. The molecule has 282 valence electrons. The second kappa shape index (κ2) is 12.6. The summed E-state index contributed by atoms with van der Waals surface area (Å²) in [5, 5.41) is 9.62. The van der Waals surface area contributed by atoms with Crippen LogP contribution in [-0.4, -0.2) is 71.7 Å². The van der Waals surface area contributed by atoms with Gasteiger partial charge < -0.3 is 14.7 Å². The van der Waals surface area contributed by atoms with Crippen LogP contribution in [0.1, 0.15) is 145 Å². The highest BCUT2D eigenvalue weighted by Gasteiger charge is 2.71. The van der Waals surface area contributed by atoms with Gasteiger partial charge in [-0.3, -0.25) is 14.5 Å². The van der Waals surface area contributed by atoms with Gasteiger partial charge in [0.25, 0.3) is 0 Å². The number of rotatable bonds is 9. The number of nitrogens with zero attached hydrogens (tertiary/aromatic N) is 2. The van der Waals surface area contributed by atoms with Gasteiger partial charge in [-0.2, -0.15) is 0 Å². The lowest BCUT2D eigenvalue weighted by Crippen LogP contribution is -2.66. The summed E-state index contributed by atoms with van der Waals surface area (Å²) in [7, 11) is 0. The molecule has 50 heavy (non-hydrogen) atoms. The van der Waals surface area contributed by atoms with E-state index in [1.165, 1.54) is 109 Å². The first-order chi connectivity index (χ1) is 23.4. The number of piperazine rings is 1. The molecule has 10 atom stereocenters. The lowest BCUT2D eigenvalue weighted by Gasteiger charge is -2.73. The van der Waals surface area contributed by atoms with E-state index in [2.05, 4.69) is 57.9 Å². The number of aliphatic carboxylic acids is 1. The lowest BCUT2D eigenvalue weighted by molar-refractivity contribution is -0.250. The molecule has 7 fully saturated rings. The van der Waals surface area contributed by atoms with E-state index in [1.54, 1.807) is 13.8 Å². The first-order valence-corrected chi connectivity index (χ1v) is 20.9. The number of carboxylic acid groups (broad SMARTS) is 1. The monoisotopic (exact) mass is 693 g/mol. The zero-order valence-electron chi connectivity index (χ0n) is 33.2. The van der Waals surface area contributed by atoms with Gasteiger partial charge in [0.15, 0.2) is 0 Å². The molecule has 0 aromatic heterocycles. The Morgan fingerprint density at radius 3 is 2.16 bits per heavy atom. The number of ether oxygens (including phenoxy) is 1. The van der Waals surface area contributed by atoms with E-state index in [-0.39, 0.29) is 29.3 Å². The molecule has 1 N–H and O–H groups in total. The number of hydrogen-bond donors (Lipinski definition) is 1. The maximum absolute atomic E-state index is 13.1. The third-order valence-electron chi connectivity index (χ3n) is 18.0. The highest BCUT2D eigenvalue weighted by atomic mass is 16.5. The predicted molar refractivity (Wildman–Crippen MR) is 201 cm³/mol. The molecular weight excluding hydrogens is 620 g/mol. The fourth-order valence-corrected chi connectivity index (χ4v) is 14.7. The number of fused-ring (bicyclic) bond motifs is 7. The zero-order chi connectivity index (χ0) is 36.1. The molecule has 7 aliphatic rings. The Labute approximate surface area is 304 Å². The van der Waals surface area contributed by atoms with Crippen LogP contribution in [0.5, 0.6) is 0 Å². The molecule has 0 spiro atoms. The number of esters is 1. The van der Waals surface area contributed by atoms with Crippen molar-refractivity contribution in [2.24, 2.45) is 62.1 Å². The fraction of sp³-hybridized carbons (Fsp3) is 0.909. The third kappa shape index (κ3) is 5.77. The first kappa shape index (κ1) is 36.9. The average molecular weight is 693 g/mol. The summed E-state index contributed by atoms with van der Waals surface area (Å²) in [6.45, 7) is 29.4. The van der Waals surface area contributed by atoms with Gasteiger partial charge in [0, 0.05) is 37.6 Å². The Hall–Kier alpha value is -1.40. The molecule has 1 saturated heterocycles. The molecule has 0 aromatic carbocycles. The van der Waals surface area contributed by atoms with Gasteiger partial charge in [-0.05, 0) is 162 Å². The van der Waals surface area contributed by atoms with Crippen LogP contribution in [0.3, 0.4) is 0 Å². The van der Waals surface area contributed by atoms with Crippen molar-refractivity contribution in [1.29, 1.82) is 0 Å². The maximum Gasteiger partial charge on any atom is 0.309 e. The summed E-state index contributed by atoms with van der Waals surface area (Å²) in [6.07, 6.45) is 16.7. The van der Waals surface area contributed by atoms with Crippen molar-refractivity contribution in [1.82, 2.24) is 9.80 Å². The van der Waals surface area contributed by atoms with Gasteiger partial charge in [-0.1, -0.05) is 46.8 Å². The Morgan fingerprint density at radius 2 is 1.52 bits per heavy atom. The van der Waals surface area contributed by atoms with E-state index in [4.69, 9.17) is 4.74 Å². The molecule has 1 aliphatic heterocycles. The molecule has 6 nitrogen and oxygen atoms in total.